The van der Waals surface area contributed by atoms with Crippen LogP contribution in [0, 0.1) is 0 Å². The molecule has 0 aromatic carbocycles. The van der Waals surface area contributed by atoms with Gasteiger partial charge in [0.15, 0.2) is 6.10 Å². The highest BCUT2D eigenvalue weighted by Crippen LogP contribution is 2.16. The van der Waals surface area contributed by atoms with Crippen LogP contribution in [0.1, 0.15) is 297 Å². The summed E-state index contributed by atoms with van der Waals surface area (Å²) in [7, 11) is 0. The molecule has 0 aromatic rings. The van der Waals surface area contributed by atoms with Crippen LogP contribution in [0.2, 0.25) is 0 Å². The molecule has 0 spiro atoms. The van der Waals surface area contributed by atoms with Gasteiger partial charge in [0, 0.05) is 19.3 Å². The Kier molecular flexibility index (Phi) is 52.8. The average molecular weight is 926 g/mol. The van der Waals surface area contributed by atoms with E-state index in [1.54, 1.807) is 0 Å². The highest BCUT2D eigenvalue weighted by Gasteiger charge is 2.19. The first-order valence-electron chi connectivity index (χ1n) is 28.6. The molecular formula is C60H108O6. The largest absolute Gasteiger partial charge is 0.462 e. The van der Waals surface area contributed by atoms with Gasteiger partial charge >= 0.3 is 17.9 Å². The topological polar surface area (TPSA) is 78.9 Å². The summed E-state index contributed by atoms with van der Waals surface area (Å²) in [5.74, 6) is -0.887. The van der Waals surface area contributed by atoms with Crippen molar-refractivity contribution in [1.29, 1.82) is 0 Å². The number of allylic oxidation sites excluding steroid dienone is 8. The van der Waals surface area contributed by atoms with Gasteiger partial charge in [0.2, 0.25) is 0 Å². The van der Waals surface area contributed by atoms with E-state index in [9.17, 15) is 14.4 Å². The fourth-order valence-electron chi connectivity index (χ4n) is 8.21. The van der Waals surface area contributed by atoms with Gasteiger partial charge in [-0.25, -0.2) is 0 Å². The molecule has 384 valence electrons. The van der Waals surface area contributed by atoms with Gasteiger partial charge in [0.05, 0.1) is 0 Å². The van der Waals surface area contributed by atoms with E-state index >= 15 is 0 Å². The molecule has 1 atom stereocenters. The highest BCUT2D eigenvalue weighted by molar-refractivity contribution is 5.71. The number of ether oxygens (including phenoxy) is 3. The first kappa shape index (κ1) is 63.4. The van der Waals surface area contributed by atoms with Crippen molar-refractivity contribution < 1.29 is 28.6 Å². The third-order valence-electron chi connectivity index (χ3n) is 12.6. The van der Waals surface area contributed by atoms with Crippen molar-refractivity contribution in [2.24, 2.45) is 0 Å². The molecule has 0 heterocycles. The van der Waals surface area contributed by atoms with Gasteiger partial charge in [-0.1, -0.05) is 243 Å². The van der Waals surface area contributed by atoms with Crippen molar-refractivity contribution in [2.75, 3.05) is 13.2 Å². The number of rotatable bonds is 52. The Labute approximate surface area is 409 Å². The summed E-state index contributed by atoms with van der Waals surface area (Å²) in [5.41, 5.74) is 0. The molecule has 0 saturated carbocycles. The number of unbranched alkanes of at least 4 members (excludes halogenated alkanes) is 33. The average Bonchev–Trinajstić information content (AvgIpc) is 3.31. The molecule has 0 amide bonds. The van der Waals surface area contributed by atoms with Gasteiger partial charge < -0.3 is 14.2 Å². The van der Waals surface area contributed by atoms with E-state index in [4.69, 9.17) is 14.2 Å². The summed E-state index contributed by atoms with van der Waals surface area (Å²) in [4.78, 5) is 38.1. The monoisotopic (exact) mass is 925 g/mol. The minimum Gasteiger partial charge on any atom is -0.462 e. The molecule has 0 aromatic heterocycles. The number of esters is 3. The van der Waals surface area contributed by atoms with Gasteiger partial charge in [0.25, 0.3) is 0 Å². The smallest absolute Gasteiger partial charge is 0.306 e. The van der Waals surface area contributed by atoms with Crippen molar-refractivity contribution in [1.82, 2.24) is 0 Å². The third kappa shape index (κ3) is 52.3. The van der Waals surface area contributed by atoms with Crippen molar-refractivity contribution >= 4 is 17.9 Å². The van der Waals surface area contributed by atoms with Crippen LogP contribution in [-0.4, -0.2) is 37.2 Å². The van der Waals surface area contributed by atoms with Crippen LogP contribution >= 0.6 is 0 Å². The molecule has 66 heavy (non-hydrogen) atoms. The van der Waals surface area contributed by atoms with Crippen LogP contribution in [0.25, 0.3) is 0 Å². The molecule has 0 N–H and O–H groups in total. The third-order valence-corrected chi connectivity index (χ3v) is 12.6. The van der Waals surface area contributed by atoms with Gasteiger partial charge in [0.1, 0.15) is 13.2 Å². The predicted molar refractivity (Wildman–Crippen MR) is 284 cm³/mol. The summed E-state index contributed by atoms with van der Waals surface area (Å²) >= 11 is 0. The van der Waals surface area contributed by atoms with Gasteiger partial charge in [-0.2, -0.15) is 0 Å². The maximum Gasteiger partial charge on any atom is 0.306 e. The second-order valence-corrected chi connectivity index (χ2v) is 19.2. The molecule has 0 aliphatic carbocycles. The second kappa shape index (κ2) is 55.0. The predicted octanol–water partition coefficient (Wildman–Crippen LogP) is 19.0. The molecule has 0 aliphatic rings. The maximum atomic E-state index is 12.8. The van der Waals surface area contributed by atoms with E-state index in [1.165, 1.54) is 161 Å². The second-order valence-electron chi connectivity index (χ2n) is 19.2. The molecule has 0 saturated heterocycles. The van der Waals surface area contributed by atoms with Crippen molar-refractivity contribution in [3.63, 3.8) is 0 Å². The van der Waals surface area contributed by atoms with Crippen LogP contribution in [-0.2, 0) is 28.6 Å². The normalized spacial score (nSPS) is 12.3. The van der Waals surface area contributed by atoms with Gasteiger partial charge in [-0.3, -0.25) is 14.4 Å². The molecule has 6 heteroatoms. The van der Waals surface area contributed by atoms with Crippen LogP contribution in [0.5, 0.6) is 0 Å². The minimum absolute atomic E-state index is 0.0786. The zero-order valence-electron chi connectivity index (χ0n) is 44.0. The quantitative estimate of drug-likeness (QED) is 0.0262. The Morgan fingerprint density at radius 1 is 0.303 bits per heavy atom. The van der Waals surface area contributed by atoms with E-state index in [0.717, 1.165) is 96.3 Å². The Morgan fingerprint density at radius 3 is 0.879 bits per heavy atom. The summed E-state index contributed by atoms with van der Waals surface area (Å²) in [6.45, 7) is 6.61. The Morgan fingerprint density at radius 2 is 0.545 bits per heavy atom. The number of carbonyl (C=O) groups is 3. The van der Waals surface area contributed by atoms with Crippen LogP contribution < -0.4 is 0 Å². The van der Waals surface area contributed by atoms with Crippen molar-refractivity contribution in [3.8, 4) is 0 Å². The van der Waals surface area contributed by atoms with Gasteiger partial charge in [-0.05, 0) is 83.5 Å². The molecule has 0 bridgehead atoms. The van der Waals surface area contributed by atoms with E-state index in [-0.39, 0.29) is 31.1 Å². The lowest BCUT2D eigenvalue weighted by molar-refractivity contribution is -0.167. The first-order chi connectivity index (χ1) is 32.5. The van der Waals surface area contributed by atoms with Gasteiger partial charge in [-0.15, -0.1) is 0 Å². The fraction of sp³-hybridized carbons (Fsp3) is 0.817. The standard InChI is InChI=1S/C60H108O6/c1-4-7-10-13-16-19-22-25-28-29-30-33-35-38-41-44-47-50-53-59(62)65-56-57(66-60(63)54-51-48-45-42-39-36-32-27-24-21-18-15-12-9-6-3)55-64-58(61)52-49-46-43-40-37-34-31-26-23-20-17-14-11-8-5-2/h18-19,21-22,27-29,32,57H,4-17,20,23-26,30-31,33-56H2,1-3H3/b21-18-,22-19-,29-28-,32-27-. The lowest BCUT2D eigenvalue weighted by Crippen LogP contribution is -2.30. The van der Waals surface area contributed by atoms with Crippen LogP contribution in [0.15, 0.2) is 48.6 Å². The zero-order valence-corrected chi connectivity index (χ0v) is 44.0. The van der Waals surface area contributed by atoms with E-state index in [2.05, 4.69) is 69.4 Å². The van der Waals surface area contributed by atoms with Crippen molar-refractivity contribution in [2.45, 2.75) is 303 Å². The SMILES string of the molecule is CCCCC/C=C\C/C=C\CCCCCCCC(=O)OC(COC(=O)CCCCCCCCC/C=C\C/C=C\CCCCCC)COC(=O)CCCCCCCCCCCCCCCCC. The summed E-state index contributed by atoms with van der Waals surface area (Å²) < 4.78 is 16.9. The Bertz CT molecular complexity index is 1150. The van der Waals surface area contributed by atoms with E-state index < -0.39 is 6.10 Å². The molecule has 0 fully saturated rings. The summed E-state index contributed by atoms with van der Waals surface area (Å²) in [5, 5.41) is 0. The Hall–Kier alpha value is -2.63. The molecular weight excluding hydrogens is 817 g/mol. The lowest BCUT2D eigenvalue weighted by Gasteiger charge is -2.18. The molecule has 0 aliphatic heterocycles. The number of carbonyl (C=O) groups excluding carboxylic acids is 3. The molecule has 6 nitrogen and oxygen atoms in total. The zero-order chi connectivity index (χ0) is 47.9. The molecule has 1 unspecified atom stereocenters. The van der Waals surface area contributed by atoms with Crippen molar-refractivity contribution in [3.05, 3.63) is 48.6 Å². The minimum atomic E-state index is -0.781. The highest BCUT2D eigenvalue weighted by atomic mass is 16.6. The summed E-state index contributed by atoms with van der Waals surface area (Å²) in [6, 6.07) is 0. The first-order valence-corrected chi connectivity index (χ1v) is 28.6. The summed E-state index contributed by atoms with van der Waals surface area (Å²) in [6.07, 6.45) is 66.6. The van der Waals surface area contributed by atoms with Crippen LogP contribution in [0.3, 0.4) is 0 Å². The Balaban J connectivity index is 4.38. The van der Waals surface area contributed by atoms with Crippen LogP contribution in [0.4, 0.5) is 0 Å². The number of hydrogen-bond acceptors (Lipinski definition) is 6. The fourth-order valence-corrected chi connectivity index (χ4v) is 8.21. The molecule has 0 radical (unpaired) electrons. The maximum absolute atomic E-state index is 12.8. The lowest BCUT2D eigenvalue weighted by atomic mass is 10.0. The van der Waals surface area contributed by atoms with E-state index in [1.807, 2.05) is 0 Å². The molecule has 0 rings (SSSR count). The van der Waals surface area contributed by atoms with E-state index in [0.29, 0.717) is 19.3 Å². The number of hydrogen-bond donors (Lipinski definition) is 0.